The van der Waals surface area contributed by atoms with Crippen LogP contribution < -0.4 is 5.32 Å². The number of halogens is 1. The summed E-state index contributed by atoms with van der Waals surface area (Å²) in [5.74, 6) is 0. The van der Waals surface area contributed by atoms with Gasteiger partial charge in [0.05, 0.1) is 6.04 Å². The fourth-order valence-electron chi connectivity index (χ4n) is 2.73. The molecule has 1 N–H and O–H groups in total. The lowest BCUT2D eigenvalue weighted by Gasteiger charge is -2.23. The largest absolute Gasteiger partial charge is 0.309 e. The molecule has 2 heteroatoms. The number of aryl methyl sites for hydroxylation is 3. The number of rotatable bonds is 4. The van der Waals surface area contributed by atoms with Gasteiger partial charge in [-0.1, -0.05) is 48.9 Å². The minimum absolute atomic E-state index is 0.210. The summed E-state index contributed by atoms with van der Waals surface area (Å²) < 4.78 is 0. The highest BCUT2D eigenvalue weighted by atomic mass is 35.5. The van der Waals surface area contributed by atoms with Crippen molar-refractivity contribution in [3.8, 4) is 0 Å². The highest BCUT2D eigenvalue weighted by Crippen LogP contribution is 2.30. The molecule has 0 fully saturated rings. The van der Waals surface area contributed by atoms with E-state index >= 15 is 0 Å². The molecule has 0 saturated heterocycles. The van der Waals surface area contributed by atoms with Crippen LogP contribution >= 0.6 is 11.6 Å². The van der Waals surface area contributed by atoms with Crippen LogP contribution in [-0.2, 0) is 6.42 Å². The predicted molar refractivity (Wildman–Crippen MR) is 87.6 cm³/mol. The van der Waals surface area contributed by atoms with E-state index in [4.69, 9.17) is 11.6 Å². The van der Waals surface area contributed by atoms with Gasteiger partial charge in [-0.05, 0) is 61.2 Å². The van der Waals surface area contributed by atoms with Crippen LogP contribution in [0.3, 0.4) is 0 Å². The van der Waals surface area contributed by atoms with Gasteiger partial charge in [0.2, 0.25) is 0 Å². The van der Waals surface area contributed by atoms with Crippen LogP contribution in [0.25, 0.3) is 0 Å². The molecule has 0 heterocycles. The minimum Gasteiger partial charge on any atom is -0.309 e. The van der Waals surface area contributed by atoms with Gasteiger partial charge in [0, 0.05) is 5.02 Å². The maximum atomic E-state index is 6.22. The number of nitrogens with one attached hydrogen (secondary N) is 1. The smallest absolute Gasteiger partial charge is 0.0579 e. The third-order valence-electron chi connectivity index (χ3n) is 3.89. The van der Waals surface area contributed by atoms with Crippen LogP contribution in [0.5, 0.6) is 0 Å². The van der Waals surface area contributed by atoms with Crippen LogP contribution in [0.4, 0.5) is 0 Å². The maximum absolute atomic E-state index is 6.22. The second-order valence-corrected chi connectivity index (χ2v) is 5.64. The van der Waals surface area contributed by atoms with Gasteiger partial charge in [0.25, 0.3) is 0 Å². The Morgan fingerprint density at radius 2 is 1.75 bits per heavy atom. The van der Waals surface area contributed by atoms with Gasteiger partial charge in [-0.3, -0.25) is 0 Å². The Kier molecular flexibility index (Phi) is 4.85. The molecule has 0 amide bonds. The second-order valence-electron chi connectivity index (χ2n) is 5.23. The van der Waals surface area contributed by atoms with E-state index in [-0.39, 0.29) is 6.04 Å². The molecule has 2 rings (SSSR count). The Bertz CT molecular complexity index is 604. The molecule has 0 aliphatic heterocycles. The first-order chi connectivity index (χ1) is 9.58. The Morgan fingerprint density at radius 3 is 2.40 bits per heavy atom. The summed E-state index contributed by atoms with van der Waals surface area (Å²) in [5, 5.41) is 4.29. The minimum atomic E-state index is 0.210. The molecule has 2 aromatic carbocycles. The molecule has 20 heavy (non-hydrogen) atoms. The molecule has 0 aromatic heterocycles. The lowest BCUT2D eigenvalue weighted by Crippen LogP contribution is -2.20. The van der Waals surface area contributed by atoms with Gasteiger partial charge in [-0.15, -0.1) is 0 Å². The van der Waals surface area contributed by atoms with Gasteiger partial charge >= 0.3 is 0 Å². The Labute approximate surface area is 127 Å². The third-order valence-corrected chi connectivity index (χ3v) is 4.30. The predicted octanol–water partition coefficient (Wildman–Crippen LogP) is 4.83. The van der Waals surface area contributed by atoms with Crippen molar-refractivity contribution in [2.45, 2.75) is 33.2 Å². The Balaban J connectivity index is 2.55. The molecule has 0 bridgehead atoms. The van der Waals surface area contributed by atoms with Crippen molar-refractivity contribution in [3.63, 3.8) is 0 Å². The summed E-state index contributed by atoms with van der Waals surface area (Å²) in [6.45, 7) is 6.38. The van der Waals surface area contributed by atoms with E-state index in [1.807, 2.05) is 7.05 Å². The van der Waals surface area contributed by atoms with E-state index < -0.39 is 0 Å². The summed E-state index contributed by atoms with van der Waals surface area (Å²) in [7, 11) is 2.01. The van der Waals surface area contributed by atoms with Gasteiger partial charge in [-0.2, -0.15) is 0 Å². The molecule has 0 radical (unpaired) electrons. The summed E-state index contributed by atoms with van der Waals surface area (Å²) >= 11 is 6.22. The topological polar surface area (TPSA) is 12.0 Å². The molecule has 0 spiro atoms. The van der Waals surface area contributed by atoms with Crippen molar-refractivity contribution < 1.29 is 0 Å². The monoisotopic (exact) mass is 287 g/mol. The molecular formula is C18H22ClN. The van der Waals surface area contributed by atoms with Crippen LogP contribution in [-0.4, -0.2) is 7.05 Å². The molecule has 0 saturated carbocycles. The lowest BCUT2D eigenvalue weighted by molar-refractivity contribution is 0.679. The summed E-state index contributed by atoms with van der Waals surface area (Å²) in [5.41, 5.74) is 6.39. The average molecular weight is 288 g/mol. The van der Waals surface area contributed by atoms with E-state index in [1.54, 1.807) is 0 Å². The van der Waals surface area contributed by atoms with Crippen molar-refractivity contribution in [3.05, 3.63) is 69.2 Å². The number of hydrogen-bond donors (Lipinski definition) is 1. The first-order valence-electron chi connectivity index (χ1n) is 7.10. The fraction of sp³-hybridized carbons (Fsp3) is 0.333. The van der Waals surface area contributed by atoms with E-state index in [2.05, 4.69) is 62.5 Å². The Morgan fingerprint density at radius 1 is 1.05 bits per heavy atom. The molecule has 1 atom stereocenters. The van der Waals surface area contributed by atoms with Crippen LogP contribution in [0.2, 0.25) is 5.02 Å². The molecule has 0 aliphatic carbocycles. The van der Waals surface area contributed by atoms with Gasteiger partial charge in [-0.25, -0.2) is 0 Å². The molecule has 0 aliphatic rings. The standard InChI is InChI=1S/C18H22ClN/c1-5-14-8-6-7-9-15(14)18(20-4)16-10-13(3)17(19)11-12(16)2/h6-11,18,20H,5H2,1-4H3. The highest BCUT2D eigenvalue weighted by Gasteiger charge is 2.17. The first-order valence-corrected chi connectivity index (χ1v) is 7.48. The van der Waals surface area contributed by atoms with Crippen molar-refractivity contribution >= 4 is 11.6 Å². The van der Waals surface area contributed by atoms with Crippen molar-refractivity contribution in [1.82, 2.24) is 5.32 Å². The molecule has 1 unspecified atom stereocenters. The van der Waals surface area contributed by atoms with Crippen LogP contribution in [0.15, 0.2) is 36.4 Å². The van der Waals surface area contributed by atoms with Gasteiger partial charge in [0.15, 0.2) is 0 Å². The zero-order chi connectivity index (χ0) is 14.7. The van der Waals surface area contributed by atoms with Crippen molar-refractivity contribution in [1.29, 1.82) is 0 Å². The fourth-order valence-corrected chi connectivity index (χ4v) is 2.95. The Hall–Kier alpha value is -1.31. The number of benzene rings is 2. The van der Waals surface area contributed by atoms with Crippen molar-refractivity contribution in [2.24, 2.45) is 0 Å². The molecule has 2 aromatic rings. The quantitative estimate of drug-likeness (QED) is 0.849. The van der Waals surface area contributed by atoms with E-state index in [0.29, 0.717) is 0 Å². The summed E-state index contributed by atoms with van der Waals surface area (Å²) in [6.07, 6.45) is 1.04. The first kappa shape index (κ1) is 15.1. The zero-order valence-electron chi connectivity index (χ0n) is 12.6. The van der Waals surface area contributed by atoms with Crippen LogP contribution in [0.1, 0.15) is 40.8 Å². The summed E-state index contributed by atoms with van der Waals surface area (Å²) in [4.78, 5) is 0. The van der Waals surface area contributed by atoms with E-state index in [0.717, 1.165) is 17.0 Å². The maximum Gasteiger partial charge on any atom is 0.0579 e. The average Bonchev–Trinajstić information content (AvgIpc) is 2.45. The van der Waals surface area contributed by atoms with Crippen LogP contribution in [0, 0.1) is 13.8 Å². The normalized spacial score (nSPS) is 12.4. The third kappa shape index (κ3) is 2.89. The van der Waals surface area contributed by atoms with Gasteiger partial charge < -0.3 is 5.32 Å². The molecule has 106 valence electrons. The number of hydrogen-bond acceptors (Lipinski definition) is 1. The highest BCUT2D eigenvalue weighted by molar-refractivity contribution is 6.31. The van der Waals surface area contributed by atoms with E-state index in [1.165, 1.54) is 22.3 Å². The van der Waals surface area contributed by atoms with Crippen molar-refractivity contribution in [2.75, 3.05) is 7.05 Å². The molecule has 1 nitrogen and oxygen atoms in total. The second kappa shape index (κ2) is 6.43. The molecular weight excluding hydrogens is 266 g/mol. The lowest BCUT2D eigenvalue weighted by atomic mass is 9.90. The SMILES string of the molecule is CCc1ccccc1C(NC)c1cc(C)c(Cl)cc1C. The van der Waals surface area contributed by atoms with Gasteiger partial charge in [0.1, 0.15) is 0 Å². The van der Waals surface area contributed by atoms with E-state index in [9.17, 15) is 0 Å². The zero-order valence-corrected chi connectivity index (χ0v) is 13.4. The summed E-state index contributed by atoms with van der Waals surface area (Å²) in [6, 6.07) is 13.1.